The molecule has 0 atom stereocenters. The molecule has 2 amide bonds. The summed E-state index contributed by atoms with van der Waals surface area (Å²) in [5, 5.41) is 5.42. The Labute approximate surface area is 152 Å². The highest BCUT2D eigenvalue weighted by Gasteiger charge is 2.15. The van der Waals surface area contributed by atoms with Crippen molar-refractivity contribution in [1.29, 1.82) is 0 Å². The number of benzene rings is 1. The highest BCUT2D eigenvalue weighted by Crippen LogP contribution is 2.12. The molecule has 2 N–H and O–H groups in total. The van der Waals surface area contributed by atoms with Crippen molar-refractivity contribution in [2.24, 2.45) is 0 Å². The number of nitrogens with one attached hydrogen (secondary N) is 2. The van der Waals surface area contributed by atoms with E-state index < -0.39 is 5.91 Å². The third-order valence-electron chi connectivity index (χ3n) is 3.52. The minimum absolute atomic E-state index is 0.111. The van der Waals surface area contributed by atoms with Crippen LogP contribution in [-0.4, -0.2) is 51.0 Å². The minimum atomic E-state index is -0.395. The lowest BCUT2D eigenvalue weighted by Gasteiger charge is -2.13. The van der Waals surface area contributed by atoms with Gasteiger partial charge in [0.05, 0.1) is 13.4 Å². The zero-order valence-electron chi connectivity index (χ0n) is 15.1. The van der Waals surface area contributed by atoms with Gasteiger partial charge in [-0.25, -0.2) is 0 Å². The van der Waals surface area contributed by atoms with Crippen LogP contribution in [0.15, 0.2) is 52.8 Å². The summed E-state index contributed by atoms with van der Waals surface area (Å²) in [7, 11) is 5.38. The van der Waals surface area contributed by atoms with E-state index in [9.17, 15) is 9.59 Å². The van der Waals surface area contributed by atoms with E-state index >= 15 is 0 Å². The maximum absolute atomic E-state index is 12.5. The van der Waals surface area contributed by atoms with Crippen LogP contribution in [0.1, 0.15) is 16.1 Å². The highest BCUT2D eigenvalue weighted by molar-refractivity contribution is 6.05. The molecule has 0 saturated carbocycles. The summed E-state index contributed by atoms with van der Waals surface area (Å²) in [4.78, 5) is 26.9. The molecule has 0 spiro atoms. The molecular weight excluding hydrogens is 334 g/mol. The van der Waals surface area contributed by atoms with Crippen molar-refractivity contribution in [3.8, 4) is 5.75 Å². The van der Waals surface area contributed by atoms with Crippen LogP contribution in [0.25, 0.3) is 6.08 Å². The fourth-order valence-electron chi connectivity index (χ4n) is 2.10. The van der Waals surface area contributed by atoms with Crippen LogP contribution in [0.5, 0.6) is 5.75 Å². The van der Waals surface area contributed by atoms with Gasteiger partial charge in [-0.2, -0.15) is 0 Å². The zero-order valence-corrected chi connectivity index (χ0v) is 15.1. The summed E-state index contributed by atoms with van der Waals surface area (Å²) in [6, 6.07) is 10.0. The number of methoxy groups -OCH3 is 1. The number of furan rings is 1. The Balaban J connectivity index is 2.12. The molecular formula is C19H23N3O4. The third kappa shape index (κ3) is 5.78. The first-order valence-corrected chi connectivity index (χ1v) is 8.13. The topological polar surface area (TPSA) is 83.8 Å². The minimum Gasteiger partial charge on any atom is -0.497 e. The van der Waals surface area contributed by atoms with Crippen molar-refractivity contribution in [2.75, 3.05) is 34.3 Å². The molecule has 7 nitrogen and oxygen atoms in total. The predicted octanol–water partition coefficient (Wildman–Crippen LogP) is 1.74. The first-order chi connectivity index (χ1) is 12.5. The Hall–Kier alpha value is -3.06. The second-order valence-corrected chi connectivity index (χ2v) is 5.82. The Kier molecular flexibility index (Phi) is 6.99. The summed E-state index contributed by atoms with van der Waals surface area (Å²) in [6.07, 6.45) is 2.99. The van der Waals surface area contributed by atoms with Gasteiger partial charge in [-0.1, -0.05) is 0 Å². The van der Waals surface area contributed by atoms with Crippen molar-refractivity contribution in [3.05, 3.63) is 59.7 Å². The van der Waals surface area contributed by atoms with Crippen LogP contribution in [0, 0.1) is 0 Å². The largest absolute Gasteiger partial charge is 0.497 e. The summed E-state index contributed by atoms with van der Waals surface area (Å²) in [6.45, 7) is 1.14. The van der Waals surface area contributed by atoms with Gasteiger partial charge in [0.25, 0.3) is 11.8 Å². The average Bonchev–Trinajstić information content (AvgIpc) is 3.14. The first-order valence-electron chi connectivity index (χ1n) is 8.13. The number of amides is 2. The van der Waals surface area contributed by atoms with E-state index in [2.05, 4.69) is 10.6 Å². The third-order valence-corrected chi connectivity index (χ3v) is 3.52. The Morgan fingerprint density at radius 2 is 1.92 bits per heavy atom. The lowest BCUT2D eigenvalue weighted by molar-refractivity contribution is -0.117. The van der Waals surface area contributed by atoms with Gasteiger partial charge < -0.3 is 24.7 Å². The van der Waals surface area contributed by atoms with E-state index in [1.54, 1.807) is 43.5 Å². The quantitative estimate of drug-likeness (QED) is 0.703. The van der Waals surface area contributed by atoms with Crippen LogP contribution >= 0.6 is 0 Å². The number of carbonyl (C=O) groups is 2. The fraction of sp³-hybridized carbons (Fsp3) is 0.263. The normalized spacial score (nSPS) is 11.3. The van der Waals surface area contributed by atoms with Crippen molar-refractivity contribution < 1.29 is 18.7 Å². The van der Waals surface area contributed by atoms with E-state index in [0.29, 0.717) is 30.2 Å². The van der Waals surface area contributed by atoms with E-state index in [0.717, 1.165) is 0 Å². The van der Waals surface area contributed by atoms with Crippen molar-refractivity contribution in [3.63, 3.8) is 0 Å². The summed E-state index contributed by atoms with van der Waals surface area (Å²) < 4.78 is 10.3. The molecule has 0 aliphatic heterocycles. The predicted molar refractivity (Wildman–Crippen MR) is 98.7 cm³/mol. The van der Waals surface area contributed by atoms with Gasteiger partial charge in [0.15, 0.2) is 0 Å². The number of rotatable bonds is 8. The number of ether oxygens (including phenoxy) is 1. The zero-order chi connectivity index (χ0) is 18.9. The molecule has 26 heavy (non-hydrogen) atoms. The molecule has 1 aromatic heterocycles. The molecule has 0 aliphatic carbocycles. The number of hydrogen-bond acceptors (Lipinski definition) is 5. The molecule has 0 saturated heterocycles. The van der Waals surface area contributed by atoms with E-state index in [4.69, 9.17) is 9.15 Å². The Bertz CT molecular complexity index is 750. The lowest BCUT2D eigenvalue weighted by atomic mass is 10.2. The summed E-state index contributed by atoms with van der Waals surface area (Å²) in [5.41, 5.74) is 0.525. The van der Waals surface area contributed by atoms with E-state index in [1.165, 1.54) is 12.3 Å². The SMILES string of the molecule is COc1ccc(C(=O)N/C(=C\c2ccco2)C(=O)NCCN(C)C)cc1. The summed E-state index contributed by atoms with van der Waals surface area (Å²) >= 11 is 0. The molecule has 2 aromatic rings. The second kappa shape index (κ2) is 9.43. The van der Waals surface area contributed by atoms with Crippen LogP contribution in [-0.2, 0) is 4.79 Å². The maximum Gasteiger partial charge on any atom is 0.267 e. The number of carbonyl (C=O) groups excluding carboxylic acids is 2. The molecule has 1 heterocycles. The maximum atomic E-state index is 12.5. The molecule has 0 radical (unpaired) electrons. The Morgan fingerprint density at radius 1 is 1.19 bits per heavy atom. The molecule has 2 rings (SSSR count). The molecule has 0 bridgehead atoms. The van der Waals surface area contributed by atoms with Gasteiger partial charge in [0.2, 0.25) is 0 Å². The molecule has 0 aliphatic rings. The highest BCUT2D eigenvalue weighted by atomic mass is 16.5. The number of likely N-dealkylation sites (N-methyl/N-ethyl adjacent to an activating group) is 1. The number of hydrogen-bond donors (Lipinski definition) is 2. The van der Waals surface area contributed by atoms with Crippen LogP contribution in [0.3, 0.4) is 0 Å². The Morgan fingerprint density at radius 3 is 2.50 bits per heavy atom. The smallest absolute Gasteiger partial charge is 0.267 e. The van der Waals surface area contributed by atoms with Gasteiger partial charge in [-0.05, 0) is 50.5 Å². The standard InChI is InChI=1S/C19H23N3O4/c1-22(2)11-10-20-19(24)17(13-16-5-4-12-26-16)21-18(23)14-6-8-15(25-3)9-7-14/h4-9,12-13H,10-11H2,1-3H3,(H,20,24)(H,21,23)/b17-13-. The van der Waals surface area contributed by atoms with Gasteiger partial charge in [0.1, 0.15) is 17.2 Å². The second-order valence-electron chi connectivity index (χ2n) is 5.82. The van der Waals surface area contributed by atoms with Crippen LogP contribution < -0.4 is 15.4 Å². The molecule has 0 fully saturated rings. The monoisotopic (exact) mass is 357 g/mol. The summed E-state index contributed by atoms with van der Waals surface area (Å²) in [5.74, 6) is 0.338. The van der Waals surface area contributed by atoms with E-state index in [-0.39, 0.29) is 11.6 Å². The van der Waals surface area contributed by atoms with Crippen molar-refractivity contribution in [2.45, 2.75) is 0 Å². The molecule has 1 aromatic carbocycles. The fourth-order valence-corrected chi connectivity index (χ4v) is 2.10. The van der Waals surface area contributed by atoms with Gasteiger partial charge in [-0.3, -0.25) is 9.59 Å². The first kappa shape index (κ1) is 19.3. The van der Waals surface area contributed by atoms with Crippen molar-refractivity contribution >= 4 is 17.9 Å². The van der Waals surface area contributed by atoms with Crippen molar-refractivity contribution in [1.82, 2.24) is 15.5 Å². The van der Waals surface area contributed by atoms with Gasteiger partial charge >= 0.3 is 0 Å². The molecule has 138 valence electrons. The lowest BCUT2D eigenvalue weighted by Crippen LogP contribution is -2.37. The number of nitrogens with zero attached hydrogens (tertiary/aromatic N) is 1. The molecule has 0 unspecified atom stereocenters. The average molecular weight is 357 g/mol. The van der Waals surface area contributed by atoms with Gasteiger partial charge in [-0.15, -0.1) is 0 Å². The van der Waals surface area contributed by atoms with E-state index in [1.807, 2.05) is 19.0 Å². The van der Waals surface area contributed by atoms with Gasteiger partial charge in [0, 0.05) is 24.7 Å². The van der Waals surface area contributed by atoms with Crippen LogP contribution in [0.2, 0.25) is 0 Å². The molecule has 7 heteroatoms. The van der Waals surface area contributed by atoms with Crippen LogP contribution in [0.4, 0.5) is 0 Å².